The molecule has 2 aromatic carbocycles. The van der Waals surface area contributed by atoms with Gasteiger partial charge in [0.25, 0.3) is 0 Å². The van der Waals surface area contributed by atoms with Gasteiger partial charge < -0.3 is 14.5 Å². The molecule has 1 fully saturated rings. The number of piperidine rings is 1. The third kappa shape index (κ3) is 7.99. The number of carbonyl (C=O) groups is 2. The summed E-state index contributed by atoms with van der Waals surface area (Å²) in [7, 11) is -2.50. The van der Waals surface area contributed by atoms with E-state index in [0.29, 0.717) is 31.0 Å². The number of sulfonamides is 1. The molecule has 0 saturated carbocycles. The molecule has 0 atom stereocenters. The normalized spacial score (nSPS) is 14.8. The summed E-state index contributed by atoms with van der Waals surface area (Å²) in [5, 5.41) is 0.413. The van der Waals surface area contributed by atoms with Gasteiger partial charge in [-0.15, -0.1) is 0 Å². The van der Waals surface area contributed by atoms with Crippen molar-refractivity contribution in [1.82, 2.24) is 14.1 Å². The summed E-state index contributed by atoms with van der Waals surface area (Å²) in [4.78, 5) is 29.5. The van der Waals surface area contributed by atoms with Gasteiger partial charge in [0.05, 0.1) is 11.4 Å². The highest BCUT2D eigenvalue weighted by Crippen LogP contribution is 2.23. The van der Waals surface area contributed by atoms with Crippen LogP contribution in [0.25, 0.3) is 0 Å². The Kier molecular flexibility index (Phi) is 10.7. The Balaban J connectivity index is 1.85. The monoisotopic (exact) mass is 567 g/mol. The van der Waals surface area contributed by atoms with Crippen LogP contribution in [0.4, 0.5) is 4.39 Å². The quantitative estimate of drug-likeness (QED) is 0.412. The van der Waals surface area contributed by atoms with Crippen LogP contribution in [-0.4, -0.2) is 80.3 Å². The molecule has 0 aromatic heterocycles. The summed E-state index contributed by atoms with van der Waals surface area (Å²) in [5.41, 5.74) is 0.730. The minimum atomic E-state index is -3.97. The third-order valence-corrected chi connectivity index (χ3v) is 8.52. The molecule has 0 radical (unpaired) electrons. The van der Waals surface area contributed by atoms with Crippen LogP contribution < -0.4 is 0 Å². The van der Waals surface area contributed by atoms with Gasteiger partial charge in [-0.05, 0) is 60.7 Å². The van der Waals surface area contributed by atoms with Crippen molar-refractivity contribution >= 4 is 33.4 Å². The Morgan fingerprint density at radius 1 is 1.08 bits per heavy atom. The number of nitrogens with zero attached hydrogens (tertiary/aromatic N) is 3. The number of hydrogen-bond acceptors (Lipinski definition) is 5. The molecule has 1 aliphatic heterocycles. The van der Waals surface area contributed by atoms with Crippen LogP contribution in [-0.2, 0) is 30.9 Å². The molecule has 1 heterocycles. The molecule has 0 N–H and O–H groups in total. The van der Waals surface area contributed by atoms with Gasteiger partial charge in [0, 0.05) is 44.4 Å². The molecule has 11 heteroatoms. The topological polar surface area (TPSA) is 87.2 Å². The van der Waals surface area contributed by atoms with Crippen LogP contribution >= 0.6 is 11.6 Å². The second-order valence-electron chi connectivity index (χ2n) is 9.84. The first-order chi connectivity index (χ1) is 18.0. The smallest absolute Gasteiger partial charge is 0.248 e. The average Bonchev–Trinajstić information content (AvgIpc) is 2.88. The second kappa shape index (κ2) is 13.5. The van der Waals surface area contributed by atoms with Crippen molar-refractivity contribution in [3.05, 3.63) is 64.9 Å². The van der Waals surface area contributed by atoms with E-state index < -0.39 is 10.0 Å². The van der Waals surface area contributed by atoms with E-state index in [1.165, 1.54) is 47.8 Å². The molecule has 1 saturated heterocycles. The maximum absolute atomic E-state index is 13.8. The van der Waals surface area contributed by atoms with Crippen LogP contribution in [0.1, 0.15) is 32.3 Å². The molecule has 38 heavy (non-hydrogen) atoms. The maximum Gasteiger partial charge on any atom is 0.248 e. The summed E-state index contributed by atoms with van der Waals surface area (Å²) in [6.45, 7) is 4.70. The van der Waals surface area contributed by atoms with Crippen LogP contribution in [0.3, 0.4) is 0 Å². The number of amides is 2. The van der Waals surface area contributed by atoms with Crippen molar-refractivity contribution in [2.45, 2.75) is 44.2 Å². The largest absolute Gasteiger partial charge is 0.375 e. The van der Waals surface area contributed by atoms with Gasteiger partial charge in [0.2, 0.25) is 21.8 Å². The molecule has 2 aromatic rings. The van der Waals surface area contributed by atoms with Crippen LogP contribution in [0.5, 0.6) is 0 Å². The number of rotatable bonds is 11. The molecular formula is C27H35ClFN3O5S. The summed E-state index contributed by atoms with van der Waals surface area (Å²) in [6, 6.07) is 11.6. The summed E-state index contributed by atoms with van der Waals surface area (Å²) in [5.74, 6) is -0.868. The predicted octanol–water partition coefficient (Wildman–Crippen LogP) is 3.79. The molecule has 3 rings (SSSR count). The van der Waals surface area contributed by atoms with Gasteiger partial charge in [-0.25, -0.2) is 12.8 Å². The number of hydrogen-bond donors (Lipinski definition) is 0. The fourth-order valence-corrected chi connectivity index (χ4v) is 6.18. The molecular weight excluding hydrogens is 533 g/mol. The SMILES string of the molecule is COCC(=O)N1CCC(N(Cc2ccc(F)cc2)C(=O)CN(CC(C)C)S(=O)(=O)c2ccc(Cl)cc2)CC1. The van der Waals surface area contributed by atoms with E-state index in [9.17, 15) is 22.4 Å². The molecule has 2 amide bonds. The first kappa shape index (κ1) is 30.0. The number of carbonyl (C=O) groups excluding carboxylic acids is 2. The third-order valence-electron chi connectivity index (χ3n) is 6.44. The zero-order valence-electron chi connectivity index (χ0n) is 22.0. The first-order valence-electron chi connectivity index (χ1n) is 12.6. The number of likely N-dealkylation sites (tertiary alicyclic amines) is 1. The molecule has 0 aliphatic carbocycles. The average molecular weight is 568 g/mol. The fourth-order valence-electron chi connectivity index (χ4n) is 4.50. The predicted molar refractivity (Wildman–Crippen MR) is 143 cm³/mol. The fraction of sp³-hybridized carbons (Fsp3) is 0.481. The number of methoxy groups -OCH3 is 1. The van der Waals surface area contributed by atoms with Gasteiger partial charge in [0.15, 0.2) is 0 Å². The zero-order chi connectivity index (χ0) is 27.9. The summed E-state index contributed by atoms with van der Waals surface area (Å²) in [6.07, 6.45) is 1.08. The number of ether oxygens (including phenoxy) is 1. The van der Waals surface area contributed by atoms with Gasteiger partial charge in [0.1, 0.15) is 12.4 Å². The Labute approximate surface area is 229 Å². The van der Waals surface area contributed by atoms with E-state index in [0.717, 1.165) is 5.56 Å². The van der Waals surface area contributed by atoms with Crippen LogP contribution in [0.2, 0.25) is 5.02 Å². The summed E-state index contributed by atoms with van der Waals surface area (Å²) < 4.78 is 46.7. The molecule has 0 unspecified atom stereocenters. The van der Waals surface area contributed by atoms with E-state index in [2.05, 4.69) is 0 Å². The Hall–Kier alpha value is -2.53. The second-order valence-corrected chi connectivity index (χ2v) is 12.2. The highest BCUT2D eigenvalue weighted by molar-refractivity contribution is 7.89. The lowest BCUT2D eigenvalue weighted by Gasteiger charge is -2.39. The van der Waals surface area contributed by atoms with Crippen molar-refractivity contribution in [3.8, 4) is 0 Å². The number of benzene rings is 2. The minimum Gasteiger partial charge on any atom is -0.375 e. The lowest BCUT2D eigenvalue weighted by molar-refractivity contribution is -0.139. The molecule has 208 valence electrons. The number of halogens is 2. The standard InChI is InChI=1S/C27H35ClFN3O5S/c1-20(2)16-31(38(35,36)25-10-6-22(28)7-11-25)18-26(33)32(17-21-4-8-23(29)9-5-21)24-12-14-30(15-13-24)27(34)19-37-3/h4-11,20,24H,12-19H2,1-3H3. The van der Waals surface area contributed by atoms with Crippen molar-refractivity contribution in [2.75, 3.05) is 39.9 Å². The van der Waals surface area contributed by atoms with E-state index in [-0.39, 0.29) is 60.7 Å². The van der Waals surface area contributed by atoms with Crippen LogP contribution in [0.15, 0.2) is 53.4 Å². The highest BCUT2D eigenvalue weighted by Gasteiger charge is 2.33. The first-order valence-corrected chi connectivity index (χ1v) is 14.4. The summed E-state index contributed by atoms with van der Waals surface area (Å²) >= 11 is 5.95. The van der Waals surface area contributed by atoms with Gasteiger partial charge in [-0.2, -0.15) is 4.31 Å². The van der Waals surface area contributed by atoms with Crippen molar-refractivity contribution < 1.29 is 27.1 Å². The van der Waals surface area contributed by atoms with E-state index in [4.69, 9.17) is 16.3 Å². The van der Waals surface area contributed by atoms with Gasteiger partial charge >= 0.3 is 0 Å². The van der Waals surface area contributed by atoms with Crippen molar-refractivity contribution in [3.63, 3.8) is 0 Å². The zero-order valence-corrected chi connectivity index (χ0v) is 23.5. The van der Waals surface area contributed by atoms with Crippen molar-refractivity contribution in [1.29, 1.82) is 0 Å². The molecule has 8 nitrogen and oxygen atoms in total. The molecule has 1 aliphatic rings. The maximum atomic E-state index is 13.8. The Bertz CT molecular complexity index is 1180. The Morgan fingerprint density at radius 2 is 1.68 bits per heavy atom. The van der Waals surface area contributed by atoms with E-state index >= 15 is 0 Å². The lowest BCUT2D eigenvalue weighted by atomic mass is 10.0. The van der Waals surface area contributed by atoms with Gasteiger partial charge in [-0.1, -0.05) is 37.6 Å². The minimum absolute atomic E-state index is 0.00435. The van der Waals surface area contributed by atoms with E-state index in [1.807, 2.05) is 13.8 Å². The Morgan fingerprint density at radius 3 is 2.24 bits per heavy atom. The molecule has 0 bridgehead atoms. The highest BCUT2D eigenvalue weighted by atomic mass is 35.5. The van der Waals surface area contributed by atoms with E-state index in [1.54, 1.807) is 21.9 Å². The van der Waals surface area contributed by atoms with Crippen molar-refractivity contribution in [2.24, 2.45) is 5.92 Å². The van der Waals surface area contributed by atoms with Crippen LogP contribution in [0, 0.1) is 11.7 Å². The molecule has 0 spiro atoms. The van der Waals surface area contributed by atoms with Gasteiger partial charge in [-0.3, -0.25) is 9.59 Å². The lowest BCUT2D eigenvalue weighted by Crippen LogP contribution is -2.52.